The van der Waals surface area contributed by atoms with Crippen molar-refractivity contribution >= 4 is 29.6 Å². The summed E-state index contributed by atoms with van der Waals surface area (Å²) in [7, 11) is 0. The van der Waals surface area contributed by atoms with E-state index in [9.17, 15) is 0 Å². The highest BCUT2D eigenvalue weighted by Crippen LogP contribution is 2.22. The van der Waals surface area contributed by atoms with Crippen LogP contribution in [-0.4, -0.2) is 6.34 Å². The average molecular weight is 171 g/mol. The number of hydrogen-bond acceptors (Lipinski definition) is 5. The summed E-state index contributed by atoms with van der Waals surface area (Å²) in [5.74, 6) is 0. The van der Waals surface area contributed by atoms with Crippen LogP contribution in [0.15, 0.2) is 26.3 Å². The maximum atomic E-state index is 5.76. The van der Waals surface area contributed by atoms with E-state index in [1.165, 1.54) is 6.34 Å². The first-order valence-corrected chi connectivity index (χ1v) is 3.80. The summed E-state index contributed by atoms with van der Waals surface area (Å²) in [6.45, 7) is 0. The number of rotatable bonds is 0. The average Bonchev–Trinajstić information content (AvgIpc) is 2.66. The normalized spacial score (nSPS) is 15.1. The fourth-order valence-electron chi connectivity index (χ4n) is 1.45. The number of azo groups is 1. The first kappa shape index (κ1) is 6.47. The number of fused-ring (bicyclic) bond motifs is 3. The van der Waals surface area contributed by atoms with Crippen LogP contribution in [0.2, 0.25) is 0 Å². The summed E-state index contributed by atoms with van der Waals surface area (Å²) in [4.78, 5) is 8.17. The van der Waals surface area contributed by atoms with Gasteiger partial charge in [-0.1, -0.05) is 0 Å². The van der Waals surface area contributed by atoms with E-state index in [2.05, 4.69) is 20.2 Å². The third kappa shape index (κ3) is 0.703. The summed E-state index contributed by atoms with van der Waals surface area (Å²) in [6.07, 6.45) is 3.17. The van der Waals surface area contributed by atoms with Gasteiger partial charge in [-0.25, -0.2) is 9.98 Å². The molecule has 62 valence electrons. The van der Waals surface area contributed by atoms with Crippen molar-refractivity contribution in [2.45, 2.75) is 0 Å². The molecular formula is C8H5N5. The van der Waals surface area contributed by atoms with Crippen molar-refractivity contribution < 1.29 is 0 Å². The highest BCUT2D eigenvalue weighted by Gasteiger charge is 2.12. The molecule has 0 saturated heterocycles. The molecule has 0 fully saturated rings. The fraction of sp³-hybridized carbons (Fsp3) is 0. The number of hydrogen-bond donors (Lipinski definition) is 1. The van der Waals surface area contributed by atoms with Gasteiger partial charge in [0.25, 0.3) is 0 Å². The molecule has 0 bridgehead atoms. The predicted octanol–water partition coefficient (Wildman–Crippen LogP) is 0.397. The molecule has 2 aliphatic rings. The molecule has 5 heteroatoms. The lowest BCUT2D eigenvalue weighted by Crippen LogP contribution is -2.23. The molecule has 0 spiro atoms. The smallest absolute Gasteiger partial charge is 0.117 e. The zero-order valence-electron chi connectivity index (χ0n) is 6.60. The summed E-state index contributed by atoms with van der Waals surface area (Å²) >= 11 is 0. The van der Waals surface area contributed by atoms with Crippen LogP contribution in [0, 0.1) is 0 Å². The van der Waals surface area contributed by atoms with E-state index in [-0.39, 0.29) is 0 Å². The minimum atomic E-state index is 0.598. The Labute approximate surface area is 73.0 Å². The second-order valence-electron chi connectivity index (χ2n) is 2.81. The molecule has 3 rings (SSSR count). The van der Waals surface area contributed by atoms with Gasteiger partial charge < -0.3 is 5.73 Å². The van der Waals surface area contributed by atoms with Gasteiger partial charge in [0.15, 0.2) is 0 Å². The highest BCUT2D eigenvalue weighted by atomic mass is 15.1. The van der Waals surface area contributed by atoms with Crippen LogP contribution in [0.25, 0.3) is 6.20 Å². The molecular weight excluding hydrogens is 166 g/mol. The van der Waals surface area contributed by atoms with Crippen molar-refractivity contribution in [3.63, 3.8) is 0 Å². The van der Waals surface area contributed by atoms with Crippen LogP contribution in [0.1, 0.15) is 0 Å². The summed E-state index contributed by atoms with van der Waals surface area (Å²) in [6, 6.07) is 1.76. The second kappa shape index (κ2) is 2.01. The van der Waals surface area contributed by atoms with Crippen molar-refractivity contribution in [2.75, 3.05) is 5.73 Å². The highest BCUT2D eigenvalue weighted by molar-refractivity contribution is 5.78. The number of anilines is 1. The van der Waals surface area contributed by atoms with Gasteiger partial charge in [-0.2, -0.15) is 10.2 Å². The predicted molar refractivity (Wildman–Crippen MR) is 48.8 cm³/mol. The lowest BCUT2D eigenvalue weighted by molar-refractivity contribution is 1.31. The number of benzene rings is 1. The number of aliphatic imine (C=N–C) groups is 1. The quantitative estimate of drug-likeness (QED) is 0.563. The Kier molecular flexibility index (Phi) is 0.999. The molecule has 2 N–H and O–H groups in total. The van der Waals surface area contributed by atoms with Gasteiger partial charge in [0, 0.05) is 0 Å². The lowest BCUT2D eigenvalue weighted by Gasteiger charge is -1.97. The minimum Gasteiger partial charge on any atom is -0.397 e. The van der Waals surface area contributed by atoms with Gasteiger partial charge in [0.2, 0.25) is 0 Å². The zero-order chi connectivity index (χ0) is 8.84. The minimum absolute atomic E-state index is 0.598. The van der Waals surface area contributed by atoms with Crippen LogP contribution >= 0.6 is 0 Å². The first-order valence-electron chi connectivity index (χ1n) is 3.80. The number of nitrogens with zero attached hydrogens (tertiary/aromatic N) is 4. The van der Waals surface area contributed by atoms with Crippen molar-refractivity contribution in [3.05, 3.63) is 16.6 Å². The Morgan fingerprint density at radius 3 is 3.15 bits per heavy atom. The third-order valence-electron chi connectivity index (χ3n) is 2.05. The Morgan fingerprint density at radius 1 is 1.31 bits per heavy atom. The van der Waals surface area contributed by atoms with E-state index in [1.54, 1.807) is 12.3 Å². The molecule has 13 heavy (non-hydrogen) atoms. The Bertz CT molecular complexity index is 567. The molecule has 2 heterocycles. The lowest BCUT2D eigenvalue weighted by atomic mass is 10.2. The molecule has 0 unspecified atom stereocenters. The van der Waals surface area contributed by atoms with E-state index < -0.39 is 0 Å². The molecule has 5 nitrogen and oxygen atoms in total. The summed E-state index contributed by atoms with van der Waals surface area (Å²) < 4.78 is 0. The number of nitrogen functional groups attached to an aromatic ring is 1. The van der Waals surface area contributed by atoms with Gasteiger partial charge in [-0.15, -0.1) is 0 Å². The molecule has 0 radical (unpaired) electrons. The van der Waals surface area contributed by atoms with Crippen LogP contribution in [0.5, 0.6) is 0 Å². The largest absolute Gasteiger partial charge is 0.397 e. The van der Waals surface area contributed by atoms with E-state index in [0.717, 1.165) is 22.0 Å². The van der Waals surface area contributed by atoms with Crippen LogP contribution in [-0.2, 0) is 0 Å². The molecule has 0 amide bonds. The summed E-state index contributed by atoms with van der Waals surface area (Å²) in [5, 5.41) is 9.39. The van der Waals surface area contributed by atoms with Gasteiger partial charge in [-0.05, 0) is 6.07 Å². The summed E-state index contributed by atoms with van der Waals surface area (Å²) in [5.41, 5.74) is 7.85. The molecule has 0 aromatic heterocycles. The van der Waals surface area contributed by atoms with Crippen molar-refractivity contribution in [1.29, 1.82) is 0 Å². The standard InChI is InChI=1S/C8H5N5/c9-5-1-6-4(2-12-13-6)7-8(5)11-3-10-7/h1-3H,9H2. The van der Waals surface area contributed by atoms with E-state index in [4.69, 9.17) is 5.73 Å². The van der Waals surface area contributed by atoms with Gasteiger partial charge in [-0.3, -0.25) is 0 Å². The SMILES string of the molecule is Nc1cc2c(c3c1N=CN=3)=CN=N2. The van der Waals surface area contributed by atoms with Crippen molar-refractivity contribution in [3.8, 4) is 0 Å². The van der Waals surface area contributed by atoms with E-state index >= 15 is 0 Å². The number of nitrogens with two attached hydrogens (primary N) is 1. The molecule has 0 aliphatic carbocycles. The van der Waals surface area contributed by atoms with Crippen LogP contribution < -0.4 is 16.3 Å². The van der Waals surface area contributed by atoms with E-state index in [1.807, 2.05) is 0 Å². The maximum absolute atomic E-state index is 5.76. The van der Waals surface area contributed by atoms with Crippen LogP contribution in [0.4, 0.5) is 17.1 Å². The monoisotopic (exact) mass is 171 g/mol. The Morgan fingerprint density at radius 2 is 2.23 bits per heavy atom. The topological polar surface area (TPSA) is 75.5 Å². The zero-order valence-corrected chi connectivity index (χ0v) is 6.60. The second-order valence-corrected chi connectivity index (χ2v) is 2.81. The molecule has 2 aliphatic heterocycles. The molecule has 1 aromatic rings. The molecule has 1 aromatic carbocycles. The molecule has 0 saturated carbocycles. The van der Waals surface area contributed by atoms with Crippen LogP contribution in [0.3, 0.4) is 0 Å². The van der Waals surface area contributed by atoms with Gasteiger partial charge in [0.1, 0.15) is 17.4 Å². The van der Waals surface area contributed by atoms with Gasteiger partial charge >= 0.3 is 0 Å². The maximum Gasteiger partial charge on any atom is 0.117 e. The first-order chi connectivity index (χ1) is 6.36. The Balaban J connectivity index is 2.59. The molecule has 0 atom stereocenters. The van der Waals surface area contributed by atoms with Crippen molar-refractivity contribution in [1.82, 2.24) is 0 Å². The fourth-order valence-corrected chi connectivity index (χ4v) is 1.45. The third-order valence-corrected chi connectivity index (χ3v) is 2.05. The Hall–Kier alpha value is -2.04. The van der Waals surface area contributed by atoms with E-state index in [0.29, 0.717) is 5.69 Å². The van der Waals surface area contributed by atoms with Gasteiger partial charge in [0.05, 0.1) is 22.8 Å². The van der Waals surface area contributed by atoms with Crippen molar-refractivity contribution in [2.24, 2.45) is 20.2 Å².